The van der Waals surface area contributed by atoms with Gasteiger partial charge in [-0.25, -0.2) is 9.37 Å². The highest BCUT2D eigenvalue weighted by molar-refractivity contribution is 5.42. The largest absolute Gasteiger partial charge is 0.494 e. The molecule has 1 aliphatic carbocycles. The average molecular weight is 387 g/mol. The number of fused-ring (bicyclic) bond motifs is 1. The number of nitrogens with one attached hydrogen (secondary N) is 1. The van der Waals surface area contributed by atoms with E-state index >= 15 is 0 Å². The summed E-state index contributed by atoms with van der Waals surface area (Å²) >= 11 is 0. The molecule has 1 unspecified atom stereocenters. The predicted octanol–water partition coefficient (Wildman–Crippen LogP) is 3.93. The average Bonchev–Trinajstić information content (AvgIpc) is 3.25. The molecule has 0 amide bonds. The monoisotopic (exact) mass is 387 g/mol. The number of hydrogen-bond acceptors (Lipinski definition) is 5. The van der Waals surface area contributed by atoms with E-state index in [1.54, 1.807) is 6.07 Å². The van der Waals surface area contributed by atoms with E-state index in [1.165, 1.54) is 20.0 Å². The lowest BCUT2D eigenvalue weighted by Crippen LogP contribution is -2.37. The number of rotatable bonds is 6. The molecule has 2 aliphatic rings. The fourth-order valence-electron chi connectivity index (χ4n) is 4.46. The van der Waals surface area contributed by atoms with Crippen LogP contribution in [0, 0.1) is 25.6 Å². The molecule has 1 aliphatic heterocycles. The van der Waals surface area contributed by atoms with Gasteiger partial charge in [-0.3, -0.25) is 4.90 Å². The van der Waals surface area contributed by atoms with Crippen LogP contribution >= 0.6 is 0 Å². The van der Waals surface area contributed by atoms with Gasteiger partial charge in [-0.15, -0.1) is 0 Å². The van der Waals surface area contributed by atoms with Crippen LogP contribution in [-0.2, 0) is 13.0 Å². The molecule has 6 heteroatoms. The minimum Gasteiger partial charge on any atom is -0.494 e. The van der Waals surface area contributed by atoms with Crippen molar-refractivity contribution in [1.29, 1.82) is 0 Å². The van der Waals surface area contributed by atoms with Crippen molar-refractivity contribution in [3.63, 3.8) is 0 Å². The number of piperidine rings is 1. The zero-order valence-electron chi connectivity index (χ0n) is 17.1. The lowest BCUT2D eigenvalue weighted by Gasteiger charge is -2.32. The molecule has 0 bridgehead atoms. The Balaban J connectivity index is 1.26. The molecule has 152 valence electrons. The van der Waals surface area contributed by atoms with Crippen LogP contribution in [0.3, 0.4) is 0 Å². The Labute approximate surface area is 166 Å². The van der Waals surface area contributed by atoms with Gasteiger partial charge in [0, 0.05) is 6.04 Å². The minimum atomic E-state index is -0.186. The molecule has 1 atom stereocenters. The molecule has 1 saturated heterocycles. The molecule has 0 saturated carbocycles. The highest BCUT2D eigenvalue weighted by atomic mass is 19.1. The van der Waals surface area contributed by atoms with Gasteiger partial charge in [0.2, 0.25) is 5.89 Å². The van der Waals surface area contributed by atoms with Gasteiger partial charge < -0.3 is 14.5 Å². The van der Waals surface area contributed by atoms with Gasteiger partial charge in [0.15, 0.2) is 11.6 Å². The molecule has 5 nitrogen and oxygen atoms in total. The van der Waals surface area contributed by atoms with Crippen molar-refractivity contribution < 1.29 is 13.5 Å². The van der Waals surface area contributed by atoms with E-state index < -0.39 is 0 Å². The third-order valence-corrected chi connectivity index (χ3v) is 6.31. The van der Waals surface area contributed by atoms with Crippen LogP contribution in [0.2, 0.25) is 0 Å². The van der Waals surface area contributed by atoms with Gasteiger partial charge in [-0.1, -0.05) is 6.07 Å². The third-order valence-electron chi connectivity index (χ3n) is 6.31. The number of nitrogens with zero attached hydrogens (tertiary/aromatic N) is 2. The lowest BCUT2D eigenvalue weighted by atomic mass is 9.96. The first-order valence-electron chi connectivity index (χ1n) is 10.3. The maximum absolute atomic E-state index is 14.4. The summed E-state index contributed by atoms with van der Waals surface area (Å²) in [5.41, 5.74) is 2.91. The molecule has 1 fully saturated rings. The van der Waals surface area contributed by atoms with E-state index in [4.69, 9.17) is 9.15 Å². The Hall–Kier alpha value is -1.92. The normalized spacial score (nSPS) is 20.5. The Kier molecular flexibility index (Phi) is 5.69. The van der Waals surface area contributed by atoms with Crippen molar-refractivity contribution in [1.82, 2.24) is 15.2 Å². The lowest BCUT2D eigenvalue weighted by molar-refractivity contribution is 0.160. The van der Waals surface area contributed by atoms with Crippen LogP contribution < -0.4 is 10.1 Å². The Morgan fingerprint density at radius 2 is 2.04 bits per heavy atom. The third kappa shape index (κ3) is 3.94. The maximum Gasteiger partial charge on any atom is 0.208 e. The second-order valence-electron chi connectivity index (χ2n) is 8.12. The van der Waals surface area contributed by atoms with Gasteiger partial charge in [0.25, 0.3) is 0 Å². The molecule has 4 rings (SSSR count). The number of aryl methyl sites for hydroxylation is 2. The molecule has 0 spiro atoms. The second kappa shape index (κ2) is 8.21. The Morgan fingerprint density at radius 1 is 1.25 bits per heavy atom. The van der Waals surface area contributed by atoms with Crippen LogP contribution in [0.15, 0.2) is 16.5 Å². The van der Waals surface area contributed by atoms with Gasteiger partial charge in [-0.05, 0) is 82.3 Å². The van der Waals surface area contributed by atoms with Crippen LogP contribution in [0.25, 0.3) is 0 Å². The molecule has 0 radical (unpaired) electrons. The Bertz CT molecular complexity index is 808. The molecule has 1 N–H and O–H groups in total. The number of aromatic nitrogens is 1. The summed E-state index contributed by atoms with van der Waals surface area (Å²) in [5, 5.41) is 3.69. The number of halogens is 1. The van der Waals surface area contributed by atoms with Crippen LogP contribution in [0.5, 0.6) is 5.75 Å². The van der Waals surface area contributed by atoms with E-state index in [-0.39, 0.29) is 11.9 Å². The van der Waals surface area contributed by atoms with E-state index in [0.717, 1.165) is 67.5 Å². The maximum atomic E-state index is 14.4. The van der Waals surface area contributed by atoms with E-state index in [0.29, 0.717) is 11.7 Å². The molecule has 1 aromatic carbocycles. The van der Waals surface area contributed by atoms with Crippen LogP contribution in [0.4, 0.5) is 4.39 Å². The molecule has 1 aromatic heterocycles. The van der Waals surface area contributed by atoms with E-state index in [9.17, 15) is 4.39 Å². The number of ether oxygens (including phenoxy) is 1. The van der Waals surface area contributed by atoms with Gasteiger partial charge in [0.05, 0.1) is 19.3 Å². The van der Waals surface area contributed by atoms with E-state index in [2.05, 4.69) is 15.2 Å². The minimum absolute atomic E-state index is 0.186. The molecular weight excluding hydrogens is 357 g/mol. The standard InChI is InChI=1S/C22H30FN3O2/c1-14-15(2)28-21(25-14)13-26-10-8-16(9-11-26)12-24-19-6-4-18-17(19)5-7-20(27-3)22(18)23/h5,7,16,19,24H,4,6,8-13H2,1-3H3. The summed E-state index contributed by atoms with van der Waals surface area (Å²) in [4.78, 5) is 6.92. The van der Waals surface area contributed by atoms with Gasteiger partial charge >= 0.3 is 0 Å². The highest BCUT2D eigenvalue weighted by Crippen LogP contribution is 2.36. The smallest absolute Gasteiger partial charge is 0.208 e. The number of methoxy groups -OCH3 is 1. The first-order chi connectivity index (χ1) is 13.5. The van der Waals surface area contributed by atoms with Crippen molar-refractivity contribution in [3.05, 3.63) is 46.4 Å². The summed E-state index contributed by atoms with van der Waals surface area (Å²) < 4.78 is 25.2. The van der Waals surface area contributed by atoms with Crippen LogP contribution in [-0.4, -0.2) is 36.6 Å². The fraction of sp³-hybridized carbons (Fsp3) is 0.591. The fourth-order valence-corrected chi connectivity index (χ4v) is 4.46. The predicted molar refractivity (Wildman–Crippen MR) is 106 cm³/mol. The zero-order valence-corrected chi connectivity index (χ0v) is 17.1. The van der Waals surface area contributed by atoms with Gasteiger partial charge in [0.1, 0.15) is 5.76 Å². The van der Waals surface area contributed by atoms with Crippen LogP contribution in [0.1, 0.15) is 53.8 Å². The van der Waals surface area contributed by atoms with Crippen molar-refractivity contribution in [2.75, 3.05) is 26.7 Å². The summed E-state index contributed by atoms with van der Waals surface area (Å²) in [6, 6.07) is 4.02. The van der Waals surface area contributed by atoms with Crippen molar-refractivity contribution in [3.8, 4) is 5.75 Å². The summed E-state index contributed by atoms with van der Waals surface area (Å²) in [6.45, 7) is 7.88. The van der Waals surface area contributed by atoms with Crippen molar-refractivity contribution >= 4 is 0 Å². The Morgan fingerprint density at radius 3 is 2.71 bits per heavy atom. The second-order valence-corrected chi connectivity index (χ2v) is 8.12. The van der Waals surface area contributed by atoms with Crippen molar-refractivity contribution in [2.24, 2.45) is 5.92 Å². The molecule has 2 heterocycles. The summed E-state index contributed by atoms with van der Waals surface area (Å²) in [7, 11) is 1.52. The number of hydrogen-bond donors (Lipinski definition) is 1. The zero-order chi connectivity index (χ0) is 19.7. The first-order valence-corrected chi connectivity index (χ1v) is 10.3. The highest BCUT2D eigenvalue weighted by Gasteiger charge is 2.28. The molecular formula is C22H30FN3O2. The number of likely N-dealkylation sites (tertiary alicyclic amines) is 1. The topological polar surface area (TPSA) is 50.5 Å². The first kappa shape index (κ1) is 19.4. The number of oxazole rings is 1. The quantitative estimate of drug-likeness (QED) is 0.814. The summed E-state index contributed by atoms with van der Waals surface area (Å²) in [5.74, 6) is 2.57. The SMILES string of the molecule is COc1ccc2c(c1F)CCC2NCC1CCN(Cc2nc(C)c(C)o2)CC1. The van der Waals surface area contributed by atoms with E-state index in [1.807, 2.05) is 19.9 Å². The molecule has 28 heavy (non-hydrogen) atoms. The van der Waals surface area contributed by atoms with Crippen molar-refractivity contribution in [2.45, 2.75) is 52.1 Å². The van der Waals surface area contributed by atoms with Gasteiger partial charge in [-0.2, -0.15) is 0 Å². The summed E-state index contributed by atoms with van der Waals surface area (Å²) in [6.07, 6.45) is 4.08. The number of benzene rings is 1. The molecule has 2 aromatic rings.